The van der Waals surface area contributed by atoms with Crippen molar-refractivity contribution in [1.29, 1.82) is 0 Å². The van der Waals surface area contributed by atoms with E-state index in [2.05, 4.69) is 31.5 Å². The van der Waals surface area contributed by atoms with Gasteiger partial charge in [-0.05, 0) is 24.1 Å². The Hall–Kier alpha value is -1.88. The van der Waals surface area contributed by atoms with Crippen LogP contribution in [0.4, 0.5) is 10.6 Å². The molecular formula is C14H14BrN3O. The molecule has 0 fully saturated rings. The number of nitrogens with one attached hydrogen (secondary N) is 2. The third-order valence-electron chi connectivity index (χ3n) is 2.51. The third-order valence-corrected chi connectivity index (χ3v) is 3.00. The molecule has 0 saturated carbocycles. The average molecular weight is 320 g/mol. The second-order valence-electron chi connectivity index (χ2n) is 3.98. The van der Waals surface area contributed by atoms with E-state index in [1.807, 2.05) is 30.3 Å². The molecule has 1 aromatic heterocycles. The van der Waals surface area contributed by atoms with Crippen LogP contribution in [-0.2, 0) is 6.42 Å². The number of benzene rings is 1. The van der Waals surface area contributed by atoms with Crippen LogP contribution in [0.5, 0.6) is 0 Å². The lowest BCUT2D eigenvalue weighted by atomic mass is 10.1. The molecule has 1 heterocycles. The lowest BCUT2D eigenvalue weighted by molar-refractivity contribution is 0.252. The van der Waals surface area contributed by atoms with Gasteiger partial charge in [-0.1, -0.05) is 46.3 Å². The standard InChI is InChI=1S/C14H14BrN3O/c15-12-7-9-16-13(10-12)18-14(19)17-8-6-11-4-2-1-3-5-11/h1-5,7,9-10H,6,8H2,(H2,16,17,18,19). The van der Waals surface area contributed by atoms with E-state index in [1.165, 1.54) is 5.56 Å². The summed E-state index contributed by atoms with van der Waals surface area (Å²) in [6, 6.07) is 13.3. The highest BCUT2D eigenvalue weighted by atomic mass is 79.9. The second-order valence-corrected chi connectivity index (χ2v) is 4.89. The molecule has 1 aromatic carbocycles. The summed E-state index contributed by atoms with van der Waals surface area (Å²) in [7, 11) is 0. The van der Waals surface area contributed by atoms with E-state index in [1.54, 1.807) is 18.3 Å². The number of anilines is 1. The average Bonchev–Trinajstić information content (AvgIpc) is 2.40. The Bertz CT molecular complexity index is 545. The highest BCUT2D eigenvalue weighted by molar-refractivity contribution is 9.10. The first-order valence-electron chi connectivity index (χ1n) is 5.94. The number of nitrogens with zero attached hydrogens (tertiary/aromatic N) is 1. The maximum absolute atomic E-state index is 11.6. The molecular weight excluding hydrogens is 306 g/mol. The van der Waals surface area contributed by atoms with Gasteiger partial charge in [-0.3, -0.25) is 5.32 Å². The maximum Gasteiger partial charge on any atom is 0.320 e. The van der Waals surface area contributed by atoms with Crippen molar-refractivity contribution in [2.24, 2.45) is 0 Å². The molecule has 0 aliphatic rings. The Morgan fingerprint density at radius 2 is 2.00 bits per heavy atom. The van der Waals surface area contributed by atoms with E-state index >= 15 is 0 Å². The number of aromatic nitrogens is 1. The fourth-order valence-electron chi connectivity index (χ4n) is 1.60. The summed E-state index contributed by atoms with van der Waals surface area (Å²) in [6.07, 6.45) is 2.43. The van der Waals surface area contributed by atoms with Crippen LogP contribution in [0.25, 0.3) is 0 Å². The van der Waals surface area contributed by atoms with Gasteiger partial charge in [0.15, 0.2) is 0 Å². The molecule has 2 amide bonds. The minimum atomic E-state index is -0.249. The van der Waals surface area contributed by atoms with Crippen LogP contribution in [0.1, 0.15) is 5.56 Å². The maximum atomic E-state index is 11.6. The molecule has 4 nitrogen and oxygen atoms in total. The van der Waals surface area contributed by atoms with Gasteiger partial charge in [-0.2, -0.15) is 0 Å². The number of hydrogen-bond donors (Lipinski definition) is 2. The number of amides is 2. The van der Waals surface area contributed by atoms with E-state index in [4.69, 9.17) is 0 Å². The first-order valence-corrected chi connectivity index (χ1v) is 6.74. The summed E-state index contributed by atoms with van der Waals surface area (Å²) in [6.45, 7) is 0.587. The molecule has 5 heteroatoms. The molecule has 2 rings (SSSR count). The van der Waals surface area contributed by atoms with Crippen LogP contribution in [0.3, 0.4) is 0 Å². The minimum Gasteiger partial charge on any atom is -0.337 e. The van der Waals surface area contributed by atoms with Gasteiger partial charge in [0, 0.05) is 17.2 Å². The summed E-state index contributed by atoms with van der Waals surface area (Å²) in [4.78, 5) is 15.7. The van der Waals surface area contributed by atoms with Gasteiger partial charge in [-0.15, -0.1) is 0 Å². The number of carbonyl (C=O) groups excluding carboxylic acids is 1. The van der Waals surface area contributed by atoms with Gasteiger partial charge >= 0.3 is 6.03 Å². The van der Waals surface area contributed by atoms with Crippen molar-refractivity contribution < 1.29 is 4.79 Å². The fraction of sp³-hybridized carbons (Fsp3) is 0.143. The Labute approximate surface area is 120 Å². The molecule has 0 unspecified atom stereocenters. The SMILES string of the molecule is O=C(NCCc1ccccc1)Nc1cc(Br)ccn1. The van der Waals surface area contributed by atoms with Gasteiger partial charge in [0.25, 0.3) is 0 Å². The lowest BCUT2D eigenvalue weighted by Crippen LogP contribution is -2.30. The molecule has 0 spiro atoms. The van der Waals surface area contributed by atoms with Crippen LogP contribution in [-0.4, -0.2) is 17.6 Å². The molecule has 0 bridgehead atoms. The van der Waals surface area contributed by atoms with Crippen molar-refractivity contribution in [1.82, 2.24) is 10.3 Å². The van der Waals surface area contributed by atoms with Crippen molar-refractivity contribution in [3.8, 4) is 0 Å². The quantitative estimate of drug-likeness (QED) is 0.909. The Morgan fingerprint density at radius 3 is 2.74 bits per heavy atom. The largest absolute Gasteiger partial charge is 0.337 e. The van der Waals surface area contributed by atoms with E-state index in [0.717, 1.165) is 10.9 Å². The second kappa shape index (κ2) is 6.89. The number of carbonyl (C=O) groups is 1. The molecule has 19 heavy (non-hydrogen) atoms. The molecule has 0 radical (unpaired) electrons. The Balaban J connectivity index is 1.76. The van der Waals surface area contributed by atoms with Crippen molar-refractivity contribution in [2.45, 2.75) is 6.42 Å². The third kappa shape index (κ3) is 4.71. The molecule has 0 atom stereocenters. The van der Waals surface area contributed by atoms with Gasteiger partial charge in [0.1, 0.15) is 5.82 Å². The zero-order valence-electron chi connectivity index (χ0n) is 10.3. The summed E-state index contributed by atoms with van der Waals surface area (Å²) in [5, 5.41) is 5.47. The van der Waals surface area contributed by atoms with Gasteiger partial charge in [0.2, 0.25) is 0 Å². The number of pyridine rings is 1. The van der Waals surface area contributed by atoms with E-state index in [0.29, 0.717) is 12.4 Å². The highest BCUT2D eigenvalue weighted by Gasteiger charge is 2.02. The number of urea groups is 1. The summed E-state index contributed by atoms with van der Waals surface area (Å²) in [5.41, 5.74) is 1.20. The molecule has 0 saturated heterocycles. The predicted octanol–water partition coefficient (Wildman–Crippen LogP) is 3.21. The molecule has 0 aliphatic heterocycles. The molecule has 2 N–H and O–H groups in total. The smallest absolute Gasteiger partial charge is 0.320 e. The molecule has 98 valence electrons. The summed E-state index contributed by atoms with van der Waals surface area (Å²) < 4.78 is 0.877. The van der Waals surface area contributed by atoms with Gasteiger partial charge in [-0.25, -0.2) is 9.78 Å². The van der Waals surface area contributed by atoms with Crippen molar-refractivity contribution in [3.05, 3.63) is 58.7 Å². The first-order chi connectivity index (χ1) is 9.24. The van der Waals surface area contributed by atoms with Crippen molar-refractivity contribution >= 4 is 27.8 Å². The molecule has 0 aliphatic carbocycles. The van der Waals surface area contributed by atoms with E-state index in [9.17, 15) is 4.79 Å². The highest BCUT2D eigenvalue weighted by Crippen LogP contribution is 2.12. The van der Waals surface area contributed by atoms with Crippen LogP contribution >= 0.6 is 15.9 Å². The van der Waals surface area contributed by atoms with Crippen molar-refractivity contribution in [2.75, 3.05) is 11.9 Å². The minimum absolute atomic E-state index is 0.249. The summed E-state index contributed by atoms with van der Waals surface area (Å²) >= 11 is 3.32. The number of rotatable bonds is 4. The topological polar surface area (TPSA) is 54.0 Å². The van der Waals surface area contributed by atoms with Gasteiger partial charge < -0.3 is 5.32 Å². The van der Waals surface area contributed by atoms with Crippen LogP contribution in [0, 0.1) is 0 Å². The predicted molar refractivity (Wildman–Crippen MR) is 79.1 cm³/mol. The zero-order valence-corrected chi connectivity index (χ0v) is 11.9. The summed E-state index contributed by atoms with van der Waals surface area (Å²) in [5.74, 6) is 0.520. The number of hydrogen-bond acceptors (Lipinski definition) is 2. The van der Waals surface area contributed by atoms with Crippen LogP contribution in [0.15, 0.2) is 53.1 Å². The Kier molecular flexibility index (Phi) is 4.92. The Morgan fingerprint density at radius 1 is 1.21 bits per heavy atom. The number of halogens is 1. The van der Waals surface area contributed by atoms with Crippen LogP contribution < -0.4 is 10.6 Å². The lowest BCUT2D eigenvalue weighted by Gasteiger charge is -2.07. The normalized spacial score (nSPS) is 9.95. The first kappa shape index (κ1) is 13.5. The van der Waals surface area contributed by atoms with Crippen LogP contribution in [0.2, 0.25) is 0 Å². The van der Waals surface area contributed by atoms with Gasteiger partial charge in [0.05, 0.1) is 0 Å². The fourth-order valence-corrected chi connectivity index (χ4v) is 1.93. The van der Waals surface area contributed by atoms with E-state index in [-0.39, 0.29) is 6.03 Å². The zero-order chi connectivity index (χ0) is 13.5. The molecule has 2 aromatic rings. The van der Waals surface area contributed by atoms with Crippen molar-refractivity contribution in [3.63, 3.8) is 0 Å². The monoisotopic (exact) mass is 319 g/mol. The van der Waals surface area contributed by atoms with E-state index < -0.39 is 0 Å².